The van der Waals surface area contributed by atoms with E-state index in [9.17, 15) is 19.5 Å². The molecule has 0 spiro atoms. The van der Waals surface area contributed by atoms with Gasteiger partial charge in [0.25, 0.3) is 0 Å². The number of carboxylic acids is 1. The number of thiol groups is 1. The molecule has 22 heavy (non-hydrogen) atoms. The Labute approximate surface area is 135 Å². The van der Waals surface area contributed by atoms with E-state index in [0.29, 0.717) is 6.42 Å². The Hall–Kier alpha value is -1.32. The van der Waals surface area contributed by atoms with E-state index >= 15 is 0 Å². The maximum Gasteiger partial charge on any atom is 0.328 e. The van der Waals surface area contributed by atoms with Crippen molar-refractivity contribution in [2.75, 3.05) is 5.75 Å². The molecule has 0 aliphatic heterocycles. The highest BCUT2D eigenvalue weighted by atomic mass is 32.1. The molecular formula is C13H25N3O5S. The summed E-state index contributed by atoms with van der Waals surface area (Å²) in [7, 11) is 0. The van der Waals surface area contributed by atoms with E-state index in [0.717, 1.165) is 0 Å². The molecule has 4 atom stereocenters. The first-order valence-electron chi connectivity index (χ1n) is 6.98. The molecule has 0 aromatic rings. The van der Waals surface area contributed by atoms with Crippen molar-refractivity contribution in [3.63, 3.8) is 0 Å². The minimum atomic E-state index is -1.46. The van der Waals surface area contributed by atoms with E-state index in [1.54, 1.807) is 0 Å². The molecule has 0 rings (SSSR count). The van der Waals surface area contributed by atoms with Crippen LogP contribution in [0, 0.1) is 5.92 Å². The number of aliphatic hydroxyl groups is 1. The van der Waals surface area contributed by atoms with Gasteiger partial charge in [0, 0.05) is 5.75 Å². The van der Waals surface area contributed by atoms with Gasteiger partial charge in [0.15, 0.2) is 6.04 Å². The number of rotatable bonds is 9. The molecule has 2 amide bonds. The van der Waals surface area contributed by atoms with Crippen molar-refractivity contribution in [1.29, 1.82) is 0 Å². The van der Waals surface area contributed by atoms with Gasteiger partial charge in [-0.05, 0) is 19.3 Å². The summed E-state index contributed by atoms with van der Waals surface area (Å²) in [4.78, 5) is 34.8. The Morgan fingerprint density at radius 1 is 1.14 bits per heavy atom. The summed E-state index contributed by atoms with van der Waals surface area (Å²) in [5.41, 5.74) is 5.72. The second-order valence-electron chi connectivity index (χ2n) is 5.54. The molecule has 0 aliphatic rings. The van der Waals surface area contributed by atoms with Crippen molar-refractivity contribution in [3.05, 3.63) is 0 Å². The van der Waals surface area contributed by atoms with Crippen molar-refractivity contribution in [2.24, 2.45) is 11.7 Å². The van der Waals surface area contributed by atoms with Crippen molar-refractivity contribution < 1.29 is 24.6 Å². The van der Waals surface area contributed by atoms with Gasteiger partial charge < -0.3 is 26.6 Å². The van der Waals surface area contributed by atoms with Crippen molar-refractivity contribution in [3.8, 4) is 0 Å². The number of amides is 2. The smallest absolute Gasteiger partial charge is 0.328 e. The number of aliphatic hydroxyl groups excluding tert-OH is 1. The van der Waals surface area contributed by atoms with Gasteiger partial charge in [0.1, 0.15) is 6.04 Å². The minimum absolute atomic E-state index is 0.0296. The lowest BCUT2D eigenvalue weighted by Crippen LogP contribution is -2.57. The largest absolute Gasteiger partial charge is 0.480 e. The van der Waals surface area contributed by atoms with Gasteiger partial charge in [-0.3, -0.25) is 9.59 Å². The van der Waals surface area contributed by atoms with Gasteiger partial charge >= 0.3 is 5.97 Å². The third-order valence-corrected chi connectivity index (χ3v) is 3.29. The summed E-state index contributed by atoms with van der Waals surface area (Å²) < 4.78 is 0. The third kappa shape index (κ3) is 7.10. The molecule has 0 aromatic heterocycles. The second kappa shape index (κ2) is 9.65. The molecule has 0 saturated heterocycles. The lowest BCUT2D eigenvalue weighted by molar-refractivity contribution is -0.145. The second-order valence-corrected chi connectivity index (χ2v) is 5.91. The molecule has 9 heteroatoms. The molecule has 0 fully saturated rings. The molecule has 0 aromatic carbocycles. The zero-order valence-corrected chi connectivity index (χ0v) is 13.8. The Bertz CT molecular complexity index is 403. The van der Waals surface area contributed by atoms with Gasteiger partial charge in [-0.1, -0.05) is 13.8 Å². The van der Waals surface area contributed by atoms with Crippen LogP contribution in [0.1, 0.15) is 27.2 Å². The van der Waals surface area contributed by atoms with E-state index < -0.39 is 42.0 Å². The Kier molecular flexibility index (Phi) is 9.07. The fraction of sp³-hybridized carbons (Fsp3) is 0.769. The number of carbonyl (C=O) groups excluding carboxylic acids is 2. The maximum atomic E-state index is 12.0. The van der Waals surface area contributed by atoms with Gasteiger partial charge in [-0.2, -0.15) is 12.6 Å². The van der Waals surface area contributed by atoms with Gasteiger partial charge in [0.2, 0.25) is 11.8 Å². The molecule has 0 unspecified atom stereocenters. The highest BCUT2D eigenvalue weighted by molar-refractivity contribution is 7.80. The predicted octanol–water partition coefficient (Wildman–Crippen LogP) is -1.28. The van der Waals surface area contributed by atoms with Crippen LogP contribution < -0.4 is 16.4 Å². The van der Waals surface area contributed by atoms with Gasteiger partial charge in [-0.25, -0.2) is 4.79 Å². The third-order valence-electron chi connectivity index (χ3n) is 2.92. The molecular weight excluding hydrogens is 310 g/mol. The quantitative estimate of drug-likeness (QED) is 0.290. The number of carboxylic acid groups (broad SMARTS) is 1. The Morgan fingerprint density at radius 2 is 1.68 bits per heavy atom. The first-order valence-corrected chi connectivity index (χ1v) is 7.61. The summed E-state index contributed by atoms with van der Waals surface area (Å²) in [5, 5.41) is 22.8. The number of hydrogen-bond acceptors (Lipinski definition) is 6. The first-order chi connectivity index (χ1) is 10.1. The van der Waals surface area contributed by atoms with Gasteiger partial charge in [0.05, 0.1) is 12.1 Å². The van der Waals surface area contributed by atoms with Crippen LogP contribution in [0.5, 0.6) is 0 Å². The van der Waals surface area contributed by atoms with Crippen LogP contribution in [-0.4, -0.2) is 58.0 Å². The predicted molar refractivity (Wildman–Crippen MR) is 84.5 cm³/mol. The van der Waals surface area contributed by atoms with E-state index in [1.807, 2.05) is 13.8 Å². The average molecular weight is 335 g/mol. The number of hydrogen-bond donors (Lipinski definition) is 6. The molecule has 0 bridgehead atoms. The van der Waals surface area contributed by atoms with Crippen LogP contribution in [0.25, 0.3) is 0 Å². The molecule has 0 heterocycles. The highest BCUT2D eigenvalue weighted by Gasteiger charge is 2.29. The summed E-state index contributed by atoms with van der Waals surface area (Å²) in [6.07, 6.45) is -0.820. The number of nitrogens with one attached hydrogen (secondary N) is 2. The highest BCUT2D eigenvalue weighted by Crippen LogP contribution is 2.03. The van der Waals surface area contributed by atoms with Crippen LogP contribution in [0.2, 0.25) is 0 Å². The average Bonchev–Trinajstić information content (AvgIpc) is 2.39. The fourth-order valence-corrected chi connectivity index (χ4v) is 1.99. The molecule has 0 saturated carbocycles. The lowest BCUT2D eigenvalue weighted by Gasteiger charge is -2.23. The molecule has 6 N–H and O–H groups in total. The molecule has 128 valence electrons. The van der Waals surface area contributed by atoms with Crippen LogP contribution in [0.3, 0.4) is 0 Å². The van der Waals surface area contributed by atoms with Crippen LogP contribution in [-0.2, 0) is 14.4 Å². The van der Waals surface area contributed by atoms with Gasteiger partial charge in [-0.15, -0.1) is 0 Å². The zero-order chi connectivity index (χ0) is 17.4. The number of nitrogens with two attached hydrogens (primary N) is 1. The number of carbonyl (C=O) groups is 3. The summed E-state index contributed by atoms with van der Waals surface area (Å²) >= 11 is 3.97. The van der Waals surface area contributed by atoms with E-state index in [-0.39, 0.29) is 11.7 Å². The normalized spacial score (nSPS) is 16.5. The molecule has 0 radical (unpaired) electrons. The van der Waals surface area contributed by atoms with Crippen molar-refractivity contribution in [2.45, 2.75) is 51.4 Å². The topological polar surface area (TPSA) is 142 Å². The summed E-state index contributed by atoms with van der Waals surface area (Å²) in [6, 6.07) is -3.26. The Morgan fingerprint density at radius 3 is 2.05 bits per heavy atom. The molecule has 8 nitrogen and oxygen atoms in total. The van der Waals surface area contributed by atoms with E-state index in [1.165, 1.54) is 6.92 Å². The maximum absolute atomic E-state index is 12.0. The lowest BCUT2D eigenvalue weighted by atomic mass is 10.0. The van der Waals surface area contributed by atoms with Crippen LogP contribution >= 0.6 is 12.6 Å². The fourth-order valence-electron chi connectivity index (χ4n) is 1.73. The summed E-state index contributed by atoms with van der Waals surface area (Å²) in [6.45, 7) is 5.07. The van der Waals surface area contributed by atoms with E-state index in [2.05, 4.69) is 23.3 Å². The van der Waals surface area contributed by atoms with E-state index in [4.69, 9.17) is 10.8 Å². The number of aliphatic carboxylic acids is 1. The van der Waals surface area contributed by atoms with Crippen LogP contribution in [0.15, 0.2) is 0 Å². The van der Waals surface area contributed by atoms with Crippen LogP contribution in [0.4, 0.5) is 0 Å². The summed E-state index contributed by atoms with van der Waals surface area (Å²) in [5.74, 6) is -2.43. The zero-order valence-electron chi connectivity index (χ0n) is 12.9. The monoisotopic (exact) mass is 335 g/mol. The molecule has 0 aliphatic carbocycles. The van der Waals surface area contributed by atoms with Crippen molar-refractivity contribution in [1.82, 2.24) is 10.6 Å². The Balaban J connectivity index is 4.72. The minimum Gasteiger partial charge on any atom is -0.480 e. The van der Waals surface area contributed by atoms with Crippen molar-refractivity contribution >= 4 is 30.4 Å². The standard InChI is InChI=1S/C13H25N3O5S/c1-6(2)4-8(14)11(18)15-9(5-22)12(19)16-10(7(3)17)13(20)21/h6-10,17,22H,4-5,14H2,1-3H3,(H,15,18)(H,16,19)(H,20,21)/t7-,8+,9+,10+/m1/s1. The first kappa shape index (κ1) is 20.7. The SMILES string of the molecule is CC(C)C[C@H](N)C(=O)N[C@@H](CS)C(=O)N[C@H](C(=O)O)[C@@H](C)O.